The van der Waals surface area contributed by atoms with Gasteiger partial charge in [-0.3, -0.25) is 0 Å². The predicted molar refractivity (Wildman–Crippen MR) is 47.6 cm³/mol. The van der Waals surface area contributed by atoms with Crippen LogP contribution in [0.15, 0.2) is 12.3 Å². The van der Waals surface area contributed by atoms with Crippen molar-refractivity contribution in [2.24, 2.45) is 0 Å². The minimum atomic E-state index is -0.162. The Labute approximate surface area is 95.4 Å². The average molecular weight is 186 g/mol. The number of hydrogen-bond donors (Lipinski definition) is 0. The quantitative estimate of drug-likeness (QED) is 0.382. The number of carbonyl (C=O) groups is 1. The van der Waals surface area contributed by atoms with Gasteiger partial charge in [-0.2, -0.15) is 0 Å². The van der Waals surface area contributed by atoms with Crippen LogP contribution >= 0.6 is 0 Å². The summed E-state index contributed by atoms with van der Waals surface area (Å²) in [7, 11) is 4.81. The molecule has 0 aliphatic rings. The molecule has 5 heteroatoms. The minimum Gasteiger partial charge on any atom is -0.524 e. The fourth-order valence-corrected chi connectivity index (χ4v) is 0.883. The summed E-state index contributed by atoms with van der Waals surface area (Å²) in [5.41, 5.74) is 0.356. The molecule has 1 aromatic rings. The number of hydrogen-bond acceptors (Lipinski definition) is 3. The first-order valence-electron chi connectivity index (χ1n) is 3.79. The molecule has 0 aromatic carbocycles. The van der Waals surface area contributed by atoms with Crippen molar-refractivity contribution in [3.8, 4) is 5.88 Å². The van der Waals surface area contributed by atoms with Gasteiger partial charge in [-0.1, -0.05) is 6.20 Å². The van der Waals surface area contributed by atoms with Gasteiger partial charge in [-0.05, 0) is 19.7 Å². The number of ether oxygens (including phenoxy) is 1. The largest absolute Gasteiger partial charge is 1.00 e. The van der Waals surface area contributed by atoms with Gasteiger partial charge < -0.3 is 19.4 Å². The summed E-state index contributed by atoms with van der Waals surface area (Å²) in [4.78, 5) is 16.9. The molecule has 70 valence electrons. The van der Waals surface area contributed by atoms with Crippen molar-refractivity contribution in [3.63, 3.8) is 0 Å². The van der Waals surface area contributed by atoms with Crippen LogP contribution in [0.5, 0.6) is 5.88 Å². The van der Waals surface area contributed by atoms with E-state index in [0.717, 1.165) is 0 Å². The molecule has 0 aliphatic carbocycles. The maximum Gasteiger partial charge on any atom is 1.00 e. The van der Waals surface area contributed by atoms with E-state index in [2.05, 4.69) is 11.1 Å². The SMILES string of the molecule is COc1ncc[c-]c1C(=O)N(C)C.[Li+]. The van der Waals surface area contributed by atoms with Crippen LogP contribution in [0.4, 0.5) is 0 Å². The second kappa shape index (κ2) is 5.69. The van der Waals surface area contributed by atoms with E-state index in [1.807, 2.05) is 0 Å². The Morgan fingerprint density at radius 2 is 2.21 bits per heavy atom. The second-order valence-electron chi connectivity index (χ2n) is 2.67. The predicted octanol–water partition coefficient (Wildman–Crippen LogP) is -2.40. The number of carbonyl (C=O) groups excluding carboxylic acids is 1. The molecule has 0 N–H and O–H groups in total. The van der Waals surface area contributed by atoms with E-state index in [1.54, 1.807) is 20.2 Å². The Hall–Kier alpha value is -0.983. The van der Waals surface area contributed by atoms with Crippen LogP contribution < -0.4 is 23.6 Å². The number of nitrogens with zero attached hydrogens (tertiary/aromatic N) is 2. The van der Waals surface area contributed by atoms with Crippen molar-refractivity contribution >= 4 is 5.91 Å². The Bertz CT molecular complexity index is 315. The first-order valence-corrected chi connectivity index (χ1v) is 3.79. The zero-order valence-electron chi connectivity index (χ0n) is 8.87. The summed E-state index contributed by atoms with van der Waals surface area (Å²) in [5.74, 6) is 0.145. The van der Waals surface area contributed by atoms with Gasteiger partial charge in [0.25, 0.3) is 0 Å². The molecule has 0 unspecified atom stereocenters. The molecule has 1 amide bonds. The van der Waals surface area contributed by atoms with Gasteiger partial charge in [0, 0.05) is 0 Å². The molecular formula is C9H11LiN2O2. The number of pyridine rings is 1. The average Bonchev–Trinajstić information content (AvgIpc) is 2.16. The molecule has 14 heavy (non-hydrogen) atoms. The molecule has 1 heterocycles. The van der Waals surface area contributed by atoms with Gasteiger partial charge in [0.05, 0.1) is 7.11 Å². The van der Waals surface area contributed by atoms with Crippen molar-refractivity contribution in [2.45, 2.75) is 0 Å². The van der Waals surface area contributed by atoms with Gasteiger partial charge in [0.15, 0.2) is 5.91 Å². The van der Waals surface area contributed by atoms with E-state index >= 15 is 0 Å². The molecule has 0 aliphatic heterocycles. The van der Waals surface area contributed by atoms with Gasteiger partial charge in [-0.15, -0.1) is 12.1 Å². The molecular weight excluding hydrogens is 175 g/mol. The topological polar surface area (TPSA) is 42.4 Å². The summed E-state index contributed by atoms with van der Waals surface area (Å²) >= 11 is 0. The van der Waals surface area contributed by atoms with Crippen LogP contribution in [0.25, 0.3) is 0 Å². The van der Waals surface area contributed by atoms with Gasteiger partial charge in [-0.25, -0.2) is 0 Å². The summed E-state index contributed by atoms with van der Waals surface area (Å²) in [6, 6.07) is 4.37. The zero-order chi connectivity index (χ0) is 9.84. The second-order valence-corrected chi connectivity index (χ2v) is 2.67. The Kier molecular flexibility index (Phi) is 5.29. The number of aromatic nitrogens is 1. The molecule has 0 bridgehead atoms. The third-order valence-corrected chi connectivity index (χ3v) is 1.52. The van der Waals surface area contributed by atoms with Crippen molar-refractivity contribution in [1.29, 1.82) is 0 Å². The van der Waals surface area contributed by atoms with Crippen LogP contribution in [0.3, 0.4) is 0 Å². The van der Waals surface area contributed by atoms with E-state index in [0.29, 0.717) is 11.4 Å². The molecule has 0 saturated carbocycles. The van der Waals surface area contributed by atoms with Crippen molar-refractivity contribution in [3.05, 3.63) is 23.9 Å². The van der Waals surface area contributed by atoms with E-state index in [1.165, 1.54) is 18.2 Å². The minimum absolute atomic E-state index is 0. The Morgan fingerprint density at radius 1 is 1.57 bits per heavy atom. The fourth-order valence-electron chi connectivity index (χ4n) is 0.883. The maximum absolute atomic E-state index is 11.5. The molecule has 0 radical (unpaired) electrons. The molecule has 0 fully saturated rings. The van der Waals surface area contributed by atoms with Gasteiger partial charge in [0.1, 0.15) is 5.88 Å². The number of amides is 1. The molecule has 0 atom stereocenters. The van der Waals surface area contributed by atoms with Gasteiger partial charge in [0.2, 0.25) is 0 Å². The van der Waals surface area contributed by atoms with Crippen molar-refractivity contribution in [2.75, 3.05) is 21.2 Å². The Morgan fingerprint density at radius 3 is 2.71 bits per heavy atom. The fraction of sp³-hybridized carbons (Fsp3) is 0.333. The standard InChI is InChI=1S/C9H11N2O2.Li/c1-11(2)9(12)7-5-4-6-10-8(7)13-3;/h4,6H,1-3H3;/q-1;+1. The first-order chi connectivity index (χ1) is 6.16. The third kappa shape index (κ3) is 2.76. The van der Waals surface area contributed by atoms with Crippen LogP contribution in [0, 0.1) is 6.07 Å². The van der Waals surface area contributed by atoms with Crippen LogP contribution in [0.1, 0.15) is 10.4 Å². The third-order valence-electron chi connectivity index (χ3n) is 1.52. The number of methoxy groups -OCH3 is 1. The molecule has 0 saturated heterocycles. The molecule has 0 spiro atoms. The van der Waals surface area contributed by atoms with Crippen LogP contribution in [-0.2, 0) is 0 Å². The van der Waals surface area contributed by atoms with E-state index in [-0.39, 0.29) is 24.8 Å². The normalized spacial score (nSPS) is 8.79. The molecule has 1 rings (SSSR count). The summed E-state index contributed by atoms with van der Waals surface area (Å²) in [6.07, 6.45) is 1.53. The van der Waals surface area contributed by atoms with Crippen molar-refractivity contribution in [1.82, 2.24) is 9.88 Å². The van der Waals surface area contributed by atoms with E-state index in [4.69, 9.17) is 4.74 Å². The summed E-state index contributed by atoms with van der Waals surface area (Å²) in [5, 5.41) is 0. The number of rotatable bonds is 2. The smallest absolute Gasteiger partial charge is 0.524 e. The summed E-state index contributed by atoms with van der Waals surface area (Å²) < 4.78 is 4.93. The first kappa shape index (κ1) is 13.0. The molecule has 4 nitrogen and oxygen atoms in total. The maximum atomic E-state index is 11.5. The van der Waals surface area contributed by atoms with E-state index < -0.39 is 0 Å². The van der Waals surface area contributed by atoms with Crippen molar-refractivity contribution < 1.29 is 28.4 Å². The van der Waals surface area contributed by atoms with Crippen LogP contribution in [0.2, 0.25) is 0 Å². The van der Waals surface area contributed by atoms with E-state index in [9.17, 15) is 4.79 Å². The van der Waals surface area contributed by atoms with Gasteiger partial charge >= 0.3 is 18.9 Å². The monoisotopic (exact) mass is 186 g/mol. The Balaban J connectivity index is 0.00000169. The molecule has 1 aromatic heterocycles. The summed E-state index contributed by atoms with van der Waals surface area (Å²) in [6.45, 7) is 0. The zero-order valence-corrected chi connectivity index (χ0v) is 8.87. The van der Waals surface area contributed by atoms with Crippen LogP contribution in [-0.4, -0.2) is 37.0 Å².